The van der Waals surface area contributed by atoms with Gasteiger partial charge in [0.15, 0.2) is 11.5 Å². The second kappa shape index (κ2) is 6.53. The minimum atomic E-state index is -0.300. The molecule has 0 fully saturated rings. The van der Waals surface area contributed by atoms with Crippen molar-refractivity contribution in [1.29, 1.82) is 0 Å². The van der Waals surface area contributed by atoms with Crippen LogP contribution in [0.5, 0.6) is 0 Å². The normalized spacial score (nSPS) is 10.7. The van der Waals surface area contributed by atoms with E-state index in [2.05, 4.69) is 25.9 Å². The van der Waals surface area contributed by atoms with Crippen LogP contribution in [0.2, 0.25) is 0 Å². The molecule has 0 saturated heterocycles. The summed E-state index contributed by atoms with van der Waals surface area (Å²) in [5.74, 6) is -0.0312. The summed E-state index contributed by atoms with van der Waals surface area (Å²) in [4.78, 5) is 23.5. The van der Waals surface area contributed by atoms with E-state index in [1.165, 1.54) is 6.92 Å². The van der Waals surface area contributed by atoms with Crippen LogP contribution in [0.3, 0.4) is 0 Å². The minimum absolute atomic E-state index is 0.0695. The number of fused-ring (bicyclic) bond motifs is 1. The highest BCUT2D eigenvalue weighted by Gasteiger charge is 2.10. The van der Waals surface area contributed by atoms with Gasteiger partial charge in [-0.2, -0.15) is 9.61 Å². The second-order valence-corrected chi connectivity index (χ2v) is 5.72. The van der Waals surface area contributed by atoms with Crippen LogP contribution in [-0.2, 0) is 16.1 Å². The summed E-state index contributed by atoms with van der Waals surface area (Å²) in [5.41, 5.74) is 1.43. The monoisotopic (exact) mass is 330 g/mol. The first-order valence-electron chi connectivity index (χ1n) is 6.90. The maximum absolute atomic E-state index is 11.6. The van der Waals surface area contributed by atoms with E-state index in [1.807, 2.05) is 29.6 Å². The molecule has 2 amide bonds. The largest absolute Gasteiger partial charge is 0.347 e. The number of nitrogens with zero attached hydrogens (tertiary/aromatic N) is 4. The molecular weight excluding hydrogens is 316 g/mol. The standard InChI is InChI=1S/C14H14N6O2S/c1-9(21)15-8-14(22)16-7-13-18-17-12-5-4-10(19-20(12)13)11-3-2-6-23-11/h2-6H,7-8H2,1H3,(H,15,21)(H,16,22). The highest BCUT2D eigenvalue weighted by atomic mass is 32.1. The van der Waals surface area contributed by atoms with Crippen LogP contribution in [0.4, 0.5) is 0 Å². The van der Waals surface area contributed by atoms with Crippen LogP contribution in [-0.4, -0.2) is 38.2 Å². The van der Waals surface area contributed by atoms with E-state index >= 15 is 0 Å². The van der Waals surface area contributed by atoms with E-state index in [0.717, 1.165) is 10.6 Å². The number of carbonyl (C=O) groups is 2. The molecule has 118 valence electrons. The van der Waals surface area contributed by atoms with E-state index < -0.39 is 0 Å². The van der Waals surface area contributed by atoms with Gasteiger partial charge in [-0.25, -0.2) is 0 Å². The number of carbonyl (C=O) groups excluding carboxylic acids is 2. The Kier molecular flexibility index (Phi) is 4.29. The third-order valence-corrected chi connectivity index (χ3v) is 3.93. The summed E-state index contributed by atoms with van der Waals surface area (Å²) in [6, 6.07) is 7.66. The van der Waals surface area contributed by atoms with E-state index in [0.29, 0.717) is 11.5 Å². The van der Waals surface area contributed by atoms with Gasteiger partial charge in [-0.15, -0.1) is 21.5 Å². The molecule has 8 nitrogen and oxygen atoms in total. The van der Waals surface area contributed by atoms with E-state index in [9.17, 15) is 9.59 Å². The zero-order valence-corrected chi connectivity index (χ0v) is 13.1. The Balaban J connectivity index is 1.75. The summed E-state index contributed by atoms with van der Waals surface area (Å²) in [6.07, 6.45) is 0. The molecule has 0 radical (unpaired) electrons. The number of hydrogen-bond donors (Lipinski definition) is 2. The van der Waals surface area contributed by atoms with Crippen molar-refractivity contribution in [1.82, 2.24) is 30.4 Å². The van der Waals surface area contributed by atoms with Crippen molar-refractivity contribution in [3.8, 4) is 10.6 Å². The van der Waals surface area contributed by atoms with Gasteiger partial charge in [0.1, 0.15) is 5.69 Å². The maximum atomic E-state index is 11.6. The number of nitrogens with one attached hydrogen (secondary N) is 2. The molecule has 3 rings (SSSR count). The molecule has 0 aliphatic heterocycles. The van der Waals surface area contributed by atoms with Crippen LogP contribution >= 0.6 is 11.3 Å². The molecule has 0 aromatic carbocycles. The van der Waals surface area contributed by atoms with Gasteiger partial charge in [0.25, 0.3) is 0 Å². The summed E-state index contributed by atoms with van der Waals surface area (Å²) in [6.45, 7) is 1.47. The quantitative estimate of drug-likeness (QED) is 0.713. The summed E-state index contributed by atoms with van der Waals surface area (Å²) >= 11 is 1.59. The molecule has 3 aromatic heterocycles. The molecule has 9 heteroatoms. The van der Waals surface area contributed by atoms with Crippen LogP contribution in [0.25, 0.3) is 16.2 Å². The van der Waals surface area contributed by atoms with Gasteiger partial charge in [0.2, 0.25) is 11.8 Å². The molecule has 0 atom stereocenters. The Morgan fingerprint density at radius 3 is 2.83 bits per heavy atom. The molecule has 23 heavy (non-hydrogen) atoms. The lowest BCUT2D eigenvalue weighted by Crippen LogP contribution is -2.35. The summed E-state index contributed by atoms with van der Waals surface area (Å²) < 4.78 is 1.60. The highest BCUT2D eigenvalue weighted by molar-refractivity contribution is 7.13. The van der Waals surface area contributed by atoms with Gasteiger partial charge >= 0.3 is 0 Å². The predicted molar refractivity (Wildman–Crippen MR) is 84.6 cm³/mol. The van der Waals surface area contributed by atoms with E-state index in [1.54, 1.807) is 15.9 Å². The smallest absolute Gasteiger partial charge is 0.239 e. The molecule has 2 N–H and O–H groups in total. The summed E-state index contributed by atoms with van der Waals surface area (Å²) in [7, 11) is 0. The molecule has 0 aliphatic rings. The zero-order valence-electron chi connectivity index (χ0n) is 12.3. The first-order valence-corrected chi connectivity index (χ1v) is 7.78. The van der Waals surface area contributed by atoms with Gasteiger partial charge in [-0.3, -0.25) is 9.59 Å². The lowest BCUT2D eigenvalue weighted by atomic mass is 10.3. The Bertz CT molecular complexity index is 842. The van der Waals surface area contributed by atoms with Gasteiger partial charge in [-0.1, -0.05) is 6.07 Å². The molecule has 0 unspecified atom stereocenters. The van der Waals surface area contributed by atoms with Crippen LogP contribution < -0.4 is 10.6 Å². The fraction of sp³-hybridized carbons (Fsp3) is 0.214. The Hall–Kier alpha value is -2.81. The second-order valence-electron chi connectivity index (χ2n) is 4.77. The van der Waals surface area contributed by atoms with Gasteiger partial charge in [-0.05, 0) is 23.6 Å². The van der Waals surface area contributed by atoms with Crippen molar-refractivity contribution in [2.75, 3.05) is 6.54 Å². The lowest BCUT2D eigenvalue weighted by Gasteiger charge is -2.05. The minimum Gasteiger partial charge on any atom is -0.347 e. The first kappa shape index (κ1) is 15.1. The van der Waals surface area contributed by atoms with E-state index in [-0.39, 0.29) is 24.9 Å². The SMILES string of the molecule is CC(=O)NCC(=O)NCc1nnc2ccc(-c3cccs3)nn12. The number of aromatic nitrogens is 4. The molecule has 0 bridgehead atoms. The van der Waals surface area contributed by atoms with Crippen molar-refractivity contribution in [3.05, 3.63) is 35.5 Å². The molecule has 0 saturated carbocycles. The fourth-order valence-corrected chi connectivity index (χ4v) is 2.63. The molecule has 0 spiro atoms. The maximum Gasteiger partial charge on any atom is 0.239 e. The number of hydrogen-bond acceptors (Lipinski definition) is 6. The van der Waals surface area contributed by atoms with Crippen LogP contribution in [0.15, 0.2) is 29.6 Å². The van der Waals surface area contributed by atoms with Gasteiger partial charge < -0.3 is 10.6 Å². The van der Waals surface area contributed by atoms with Crippen LogP contribution in [0.1, 0.15) is 12.7 Å². The van der Waals surface area contributed by atoms with Crippen molar-refractivity contribution in [2.45, 2.75) is 13.5 Å². The molecule has 3 heterocycles. The Labute approximate surface area is 135 Å². The number of rotatable bonds is 5. The van der Waals surface area contributed by atoms with Gasteiger partial charge in [0, 0.05) is 6.92 Å². The average Bonchev–Trinajstić information content (AvgIpc) is 3.20. The van der Waals surface area contributed by atoms with E-state index in [4.69, 9.17) is 0 Å². The zero-order chi connectivity index (χ0) is 16.2. The van der Waals surface area contributed by atoms with Gasteiger partial charge in [0.05, 0.1) is 18.0 Å². The first-order chi connectivity index (χ1) is 11.1. The number of amides is 2. The summed E-state index contributed by atoms with van der Waals surface area (Å²) in [5, 5.41) is 19.7. The average molecular weight is 330 g/mol. The Morgan fingerprint density at radius 2 is 2.09 bits per heavy atom. The van der Waals surface area contributed by atoms with Crippen molar-refractivity contribution in [2.24, 2.45) is 0 Å². The molecule has 0 aliphatic carbocycles. The predicted octanol–water partition coefficient (Wildman–Crippen LogP) is 0.605. The number of thiophene rings is 1. The highest BCUT2D eigenvalue weighted by Crippen LogP contribution is 2.22. The van der Waals surface area contributed by atoms with Crippen molar-refractivity contribution >= 4 is 28.8 Å². The van der Waals surface area contributed by atoms with Crippen molar-refractivity contribution < 1.29 is 9.59 Å². The third-order valence-electron chi connectivity index (χ3n) is 3.04. The molecule has 3 aromatic rings. The fourth-order valence-electron chi connectivity index (χ4n) is 1.94. The van der Waals surface area contributed by atoms with Crippen molar-refractivity contribution in [3.63, 3.8) is 0 Å². The lowest BCUT2D eigenvalue weighted by molar-refractivity contribution is -0.125. The van der Waals surface area contributed by atoms with Crippen LogP contribution in [0, 0.1) is 0 Å². The molecular formula is C14H14N6O2S. The Morgan fingerprint density at radius 1 is 1.22 bits per heavy atom. The topological polar surface area (TPSA) is 101 Å². The third kappa shape index (κ3) is 3.51.